The maximum absolute atomic E-state index is 12.6. The van der Waals surface area contributed by atoms with Crippen LogP contribution >= 0.6 is 0 Å². The maximum Gasteiger partial charge on any atom is 0.261 e. The topological polar surface area (TPSA) is 119 Å². The number of aromatic nitrogens is 2. The van der Waals surface area contributed by atoms with Gasteiger partial charge in [0.1, 0.15) is 0 Å². The molecule has 2 aromatic heterocycles. The standard InChI is InChI=1S/C18H20N2O6/c1-3-9(7-21)19-15(23)11-5-13-14(6-12(11)16(19)24)18(26)20(17(13)25)10(4-2)8-22/h5-6,9-10,21-22H,3-4,7-8H2,1-2H3. The number of benzene rings is 1. The van der Waals surface area contributed by atoms with Crippen LogP contribution in [0.15, 0.2) is 31.3 Å². The van der Waals surface area contributed by atoms with Crippen molar-refractivity contribution < 1.29 is 10.2 Å². The molecule has 0 saturated carbocycles. The molecule has 0 bridgehead atoms. The van der Waals surface area contributed by atoms with E-state index in [9.17, 15) is 29.4 Å². The van der Waals surface area contributed by atoms with E-state index in [0.29, 0.717) is 12.8 Å². The lowest BCUT2D eigenvalue weighted by atomic mass is 10.1. The Labute approximate surface area is 147 Å². The Morgan fingerprint density at radius 2 is 0.962 bits per heavy atom. The Kier molecular flexibility index (Phi) is 4.64. The summed E-state index contributed by atoms with van der Waals surface area (Å²) in [6.07, 6.45) is 0.782. The first-order valence-corrected chi connectivity index (χ1v) is 8.56. The summed E-state index contributed by atoms with van der Waals surface area (Å²) in [5, 5.41) is 19.1. The molecule has 2 N–H and O–H groups in total. The van der Waals surface area contributed by atoms with E-state index in [2.05, 4.69) is 0 Å². The lowest BCUT2D eigenvalue weighted by molar-refractivity contribution is 0.220. The van der Waals surface area contributed by atoms with Gasteiger partial charge in [0, 0.05) is 0 Å². The fourth-order valence-corrected chi connectivity index (χ4v) is 3.46. The highest BCUT2D eigenvalue weighted by molar-refractivity contribution is 5.97. The second-order valence-electron chi connectivity index (χ2n) is 6.39. The minimum Gasteiger partial charge on any atom is -0.394 e. The number of aliphatic hydroxyl groups excluding tert-OH is 2. The van der Waals surface area contributed by atoms with Crippen molar-refractivity contribution in [3.8, 4) is 0 Å². The molecule has 1 aromatic carbocycles. The van der Waals surface area contributed by atoms with Crippen molar-refractivity contribution in [3.05, 3.63) is 53.5 Å². The fraction of sp³-hybridized carbons (Fsp3) is 0.444. The third-order valence-corrected chi connectivity index (χ3v) is 5.05. The number of rotatable bonds is 6. The quantitative estimate of drug-likeness (QED) is 0.628. The van der Waals surface area contributed by atoms with Crippen LogP contribution in [0, 0.1) is 0 Å². The fourth-order valence-electron chi connectivity index (χ4n) is 3.46. The molecule has 3 rings (SSSR count). The van der Waals surface area contributed by atoms with Gasteiger partial charge < -0.3 is 10.2 Å². The van der Waals surface area contributed by atoms with E-state index in [0.717, 1.165) is 9.13 Å². The molecular formula is C18H20N2O6. The van der Waals surface area contributed by atoms with Crippen molar-refractivity contribution in [1.82, 2.24) is 9.13 Å². The van der Waals surface area contributed by atoms with E-state index in [1.54, 1.807) is 13.8 Å². The normalized spacial score (nSPS) is 14.3. The smallest absolute Gasteiger partial charge is 0.261 e. The first-order valence-electron chi connectivity index (χ1n) is 8.56. The average molecular weight is 360 g/mol. The SMILES string of the molecule is CCC(CO)n1c(=O)c2cc3c(=O)n(C(CC)CO)c(=O)c3cc2c1=O. The summed E-state index contributed by atoms with van der Waals surface area (Å²) in [4.78, 5) is 50.5. The van der Waals surface area contributed by atoms with Gasteiger partial charge in [0.15, 0.2) is 0 Å². The van der Waals surface area contributed by atoms with Gasteiger partial charge in [-0.2, -0.15) is 0 Å². The summed E-state index contributed by atoms with van der Waals surface area (Å²) in [6.45, 7) is 2.77. The van der Waals surface area contributed by atoms with E-state index >= 15 is 0 Å². The summed E-state index contributed by atoms with van der Waals surface area (Å²) >= 11 is 0. The first-order chi connectivity index (χ1) is 12.4. The summed E-state index contributed by atoms with van der Waals surface area (Å²) in [6, 6.07) is 1.25. The van der Waals surface area contributed by atoms with Crippen LogP contribution in [0.1, 0.15) is 38.8 Å². The zero-order valence-corrected chi connectivity index (χ0v) is 14.6. The predicted octanol–water partition coefficient (Wildman–Crippen LogP) is -0.201. The minimum absolute atomic E-state index is 0.0562. The highest BCUT2D eigenvalue weighted by Gasteiger charge is 2.24. The van der Waals surface area contributed by atoms with Crippen LogP contribution in [0.5, 0.6) is 0 Å². The molecule has 0 aliphatic rings. The van der Waals surface area contributed by atoms with E-state index in [4.69, 9.17) is 0 Å². The molecule has 8 nitrogen and oxygen atoms in total. The number of hydrogen-bond donors (Lipinski definition) is 2. The molecule has 8 heteroatoms. The molecule has 0 radical (unpaired) electrons. The average Bonchev–Trinajstić information content (AvgIpc) is 3.03. The lowest BCUT2D eigenvalue weighted by Crippen LogP contribution is -2.32. The molecule has 0 fully saturated rings. The number of aliphatic hydroxyl groups is 2. The molecule has 2 heterocycles. The summed E-state index contributed by atoms with van der Waals surface area (Å²) in [5.41, 5.74) is -2.33. The summed E-state index contributed by atoms with van der Waals surface area (Å²) in [7, 11) is 0. The van der Waals surface area contributed by atoms with Gasteiger partial charge in [0.05, 0.1) is 46.8 Å². The number of fused-ring (bicyclic) bond motifs is 2. The second kappa shape index (κ2) is 6.62. The molecule has 3 aromatic rings. The molecule has 0 aliphatic heterocycles. The molecule has 0 spiro atoms. The van der Waals surface area contributed by atoms with Crippen molar-refractivity contribution >= 4 is 21.5 Å². The van der Waals surface area contributed by atoms with Crippen molar-refractivity contribution in [3.63, 3.8) is 0 Å². The van der Waals surface area contributed by atoms with Gasteiger partial charge in [-0.25, -0.2) is 0 Å². The minimum atomic E-state index is -0.654. The van der Waals surface area contributed by atoms with Crippen molar-refractivity contribution in [2.24, 2.45) is 0 Å². The Morgan fingerprint density at radius 3 is 1.15 bits per heavy atom. The largest absolute Gasteiger partial charge is 0.394 e. The molecular weight excluding hydrogens is 340 g/mol. The highest BCUT2D eigenvalue weighted by Crippen LogP contribution is 2.18. The van der Waals surface area contributed by atoms with Gasteiger partial charge in [-0.15, -0.1) is 0 Å². The molecule has 2 unspecified atom stereocenters. The van der Waals surface area contributed by atoms with Crippen molar-refractivity contribution in [2.75, 3.05) is 13.2 Å². The lowest BCUT2D eigenvalue weighted by Gasteiger charge is -2.11. The van der Waals surface area contributed by atoms with Crippen LogP contribution in [0.4, 0.5) is 0 Å². The van der Waals surface area contributed by atoms with E-state index < -0.39 is 34.3 Å². The Balaban J connectivity index is 2.42. The Morgan fingerprint density at radius 1 is 0.692 bits per heavy atom. The molecule has 2 atom stereocenters. The van der Waals surface area contributed by atoms with Crippen LogP contribution in [-0.2, 0) is 0 Å². The third kappa shape index (κ3) is 2.37. The van der Waals surface area contributed by atoms with E-state index in [1.807, 2.05) is 0 Å². The van der Waals surface area contributed by atoms with Gasteiger partial charge >= 0.3 is 0 Å². The molecule has 26 heavy (non-hydrogen) atoms. The Bertz CT molecular complexity index is 1000. The van der Waals surface area contributed by atoms with Gasteiger partial charge in [0.2, 0.25) is 0 Å². The third-order valence-electron chi connectivity index (χ3n) is 5.05. The van der Waals surface area contributed by atoms with Gasteiger partial charge in [-0.05, 0) is 25.0 Å². The monoisotopic (exact) mass is 360 g/mol. The number of hydrogen-bond acceptors (Lipinski definition) is 6. The van der Waals surface area contributed by atoms with Crippen molar-refractivity contribution in [2.45, 2.75) is 38.8 Å². The van der Waals surface area contributed by atoms with Gasteiger partial charge in [-0.3, -0.25) is 28.3 Å². The van der Waals surface area contributed by atoms with Crippen LogP contribution in [0.25, 0.3) is 21.5 Å². The molecule has 138 valence electrons. The molecule has 0 amide bonds. The predicted molar refractivity (Wildman–Crippen MR) is 97.7 cm³/mol. The summed E-state index contributed by atoms with van der Waals surface area (Å²) < 4.78 is 1.96. The number of nitrogens with zero attached hydrogens (tertiary/aromatic N) is 2. The van der Waals surface area contributed by atoms with Gasteiger partial charge in [0.25, 0.3) is 22.2 Å². The first kappa shape index (κ1) is 18.2. The molecule has 0 saturated heterocycles. The second-order valence-corrected chi connectivity index (χ2v) is 6.39. The van der Waals surface area contributed by atoms with Crippen molar-refractivity contribution in [1.29, 1.82) is 0 Å². The zero-order chi connectivity index (χ0) is 19.2. The van der Waals surface area contributed by atoms with Crippen LogP contribution in [0.3, 0.4) is 0 Å². The van der Waals surface area contributed by atoms with Crippen LogP contribution in [0.2, 0.25) is 0 Å². The molecule has 0 aliphatic carbocycles. The maximum atomic E-state index is 12.6. The van der Waals surface area contributed by atoms with Crippen LogP contribution in [-0.4, -0.2) is 32.6 Å². The van der Waals surface area contributed by atoms with Crippen LogP contribution < -0.4 is 22.2 Å². The van der Waals surface area contributed by atoms with E-state index in [-0.39, 0.29) is 34.8 Å². The zero-order valence-electron chi connectivity index (χ0n) is 14.6. The van der Waals surface area contributed by atoms with E-state index in [1.165, 1.54) is 12.1 Å². The summed E-state index contributed by atoms with van der Waals surface area (Å²) in [5.74, 6) is 0. The Hall–Kier alpha value is -2.58. The highest BCUT2D eigenvalue weighted by atomic mass is 16.3. The van der Waals surface area contributed by atoms with Gasteiger partial charge in [-0.1, -0.05) is 13.8 Å².